The Morgan fingerprint density at radius 1 is 1.58 bits per heavy atom. The number of carbonyl (C=O) groups excluding carboxylic acids is 1. The van der Waals surface area contributed by atoms with E-state index in [9.17, 15) is 4.79 Å². The number of allylic oxidation sites excluding steroid dienone is 2. The molecule has 0 aromatic carbocycles. The Balaban J connectivity index is 2.33. The lowest BCUT2D eigenvalue weighted by atomic mass is 9.91. The smallest absolute Gasteiger partial charge is 0.234 e. The minimum Gasteiger partial charge on any atom is -0.317 e. The standard InChI is InChI=1S/C9H10N2O/c1-6-2-3-8-7(4-6)9(12)11-5-10-8/h2-5,7-8H,1H3,(H,10,11,12). The maximum absolute atomic E-state index is 11.3. The molecule has 2 rings (SSSR count). The van der Waals surface area contributed by atoms with E-state index in [0.29, 0.717) is 0 Å². The van der Waals surface area contributed by atoms with Gasteiger partial charge in [-0.05, 0) is 6.92 Å². The van der Waals surface area contributed by atoms with Gasteiger partial charge in [0.05, 0.1) is 18.3 Å². The molecule has 2 aliphatic rings. The number of aliphatic imine (C=N–C) groups is 1. The van der Waals surface area contributed by atoms with Gasteiger partial charge in [-0.15, -0.1) is 0 Å². The van der Waals surface area contributed by atoms with Crippen LogP contribution in [0.5, 0.6) is 0 Å². The summed E-state index contributed by atoms with van der Waals surface area (Å²) in [5.74, 6) is -0.0568. The van der Waals surface area contributed by atoms with E-state index >= 15 is 0 Å². The zero-order chi connectivity index (χ0) is 8.55. The van der Waals surface area contributed by atoms with Gasteiger partial charge in [-0.2, -0.15) is 0 Å². The number of nitrogens with one attached hydrogen (secondary N) is 1. The molecule has 0 saturated carbocycles. The number of nitrogens with zero attached hydrogens (tertiary/aromatic N) is 1. The fraction of sp³-hybridized carbons (Fsp3) is 0.333. The molecule has 0 fully saturated rings. The second-order valence-corrected chi connectivity index (χ2v) is 3.07. The third-order valence-corrected chi connectivity index (χ3v) is 2.12. The van der Waals surface area contributed by atoms with Gasteiger partial charge in [-0.25, -0.2) is 0 Å². The summed E-state index contributed by atoms with van der Waals surface area (Å²) in [6.07, 6.45) is 7.39. The number of rotatable bonds is 0. The average molecular weight is 162 g/mol. The molecule has 0 aromatic rings. The first-order valence-electron chi connectivity index (χ1n) is 3.96. The first kappa shape index (κ1) is 7.28. The Labute approximate surface area is 70.9 Å². The molecule has 1 aliphatic carbocycles. The van der Waals surface area contributed by atoms with Crippen molar-refractivity contribution in [3.8, 4) is 0 Å². The maximum Gasteiger partial charge on any atom is 0.234 e. The summed E-state index contributed by atoms with van der Waals surface area (Å²) in [6, 6.07) is 0.0162. The van der Waals surface area contributed by atoms with Gasteiger partial charge in [0.25, 0.3) is 0 Å². The normalized spacial score (nSPS) is 32.4. The Morgan fingerprint density at radius 3 is 3.25 bits per heavy atom. The largest absolute Gasteiger partial charge is 0.317 e. The number of amides is 1. The van der Waals surface area contributed by atoms with Crippen molar-refractivity contribution < 1.29 is 4.79 Å². The lowest BCUT2D eigenvalue weighted by Crippen LogP contribution is -2.40. The van der Waals surface area contributed by atoms with Crippen LogP contribution in [-0.4, -0.2) is 18.3 Å². The summed E-state index contributed by atoms with van der Waals surface area (Å²) in [4.78, 5) is 15.4. The van der Waals surface area contributed by atoms with Gasteiger partial charge in [0.1, 0.15) is 0 Å². The van der Waals surface area contributed by atoms with E-state index in [1.54, 1.807) is 0 Å². The van der Waals surface area contributed by atoms with Gasteiger partial charge in [0.15, 0.2) is 0 Å². The number of hydrogen-bond acceptors (Lipinski definition) is 2. The van der Waals surface area contributed by atoms with E-state index in [0.717, 1.165) is 5.57 Å². The second-order valence-electron chi connectivity index (χ2n) is 3.07. The highest BCUT2D eigenvalue weighted by Crippen LogP contribution is 2.21. The van der Waals surface area contributed by atoms with E-state index in [-0.39, 0.29) is 17.9 Å². The molecule has 0 bridgehead atoms. The van der Waals surface area contributed by atoms with Crippen LogP contribution in [0.15, 0.2) is 28.8 Å². The van der Waals surface area contributed by atoms with Crippen molar-refractivity contribution in [1.29, 1.82) is 0 Å². The van der Waals surface area contributed by atoms with E-state index in [4.69, 9.17) is 0 Å². The van der Waals surface area contributed by atoms with Crippen LogP contribution in [0.3, 0.4) is 0 Å². The highest BCUT2D eigenvalue weighted by Gasteiger charge is 2.28. The van der Waals surface area contributed by atoms with Gasteiger partial charge < -0.3 is 5.32 Å². The molecule has 0 radical (unpaired) electrons. The predicted molar refractivity (Wildman–Crippen MR) is 46.8 cm³/mol. The maximum atomic E-state index is 11.3. The van der Waals surface area contributed by atoms with Crippen molar-refractivity contribution in [1.82, 2.24) is 5.32 Å². The molecule has 0 spiro atoms. The van der Waals surface area contributed by atoms with Crippen LogP contribution in [0, 0.1) is 5.92 Å². The molecular formula is C9H10N2O. The summed E-state index contributed by atoms with van der Waals surface area (Å²) >= 11 is 0. The fourth-order valence-electron chi connectivity index (χ4n) is 1.46. The van der Waals surface area contributed by atoms with Crippen molar-refractivity contribution in [3.63, 3.8) is 0 Å². The molecule has 12 heavy (non-hydrogen) atoms. The fourth-order valence-corrected chi connectivity index (χ4v) is 1.46. The van der Waals surface area contributed by atoms with Crippen molar-refractivity contribution >= 4 is 12.2 Å². The highest BCUT2D eigenvalue weighted by atomic mass is 16.2. The van der Waals surface area contributed by atoms with Crippen molar-refractivity contribution in [2.24, 2.45) is 10.9 Å². The zero-order valence-corrected chi connectivity index (χ0v) is 6.82. The summed E-state index contributed by atoms with van der Waals surface area (Å²) in [6.45, 7) is 1.98. The van der Waals surface area contributed by atoms with Crippen LogP contribution in [0.4, 0.5) is 0 Å². The second kappa shape index (κ2) is 2.59. The molecule has 1 amide bonds. The Bertz CT molecular complexity index is 302. The first-order valence-corrected chi connectivity index (χ1v) is 3.96. The van der Waals surface area contributed by atoms with Gasteiger partial charge in [0.2, 0.25) is 5.91 Å². The summed E-state index contributed by atoms with van der Waals surface area (Å²) < 4.78 is 0. The molecular weight excluding hydrogens is 152 g/mol. The number of hydrogen-bond donors (Lipinski definition) is 1. The summed E-state index contributed by atoms with van der Waals surface area (Å²) in [5.41, 5.74) is 1.13. The number of fused-ring (bicyclic) bond motifs is 1. The van der Waals surface area contributed by atoms with Crippen LogP contribution < -0.4 is 5.32 Å². The molecule has 3 nitrogen and oxygen atoms in total. The molecule has 2 unspecified atom stereocenters. The van der Waals surface area contributed by atoms with Gasteiger partial charge in [-0.3, -0.25) is 9.79 Å². The van der Waals surface area contributed by atoms with Crippen LogP contribution in [0.2, 0.25) is 0 Å². The molecule has 1 N–H and O–H groups in total. The summed E-state index contributed by atoms with van der Waals surface area (Å²) in [5, 5.41) is 2.59. The third kappa shape index (κ3) is 1.07. The van der Waals surface area contributed by atoms with E-state index in [1.165, 1.54) is 6.34 Å². The van der Waals surface area contributed by atoms with Gasteiger partial charge in [-0.1, -0.05) is 23.8 Å². The van der Waals surface area contributed by atoms with Crippen LogP contribution in [0.25, 0.3) is 0 Å². The Morgan fingerprint density at radius 2 is 2.42 bits per heavy atom. The molecule has 0 aromatic heterocycles. The van der Waals surface area contributed by atoms with Crippen molar-refractivity contribution in [3.05, 3.63) is 23.8 Å². The third-order valence-electron chi connectivity index (χ3n) is 2.12. The highest BCUT2D eigenvalue weighted by molar-refractivity contribution is 5.93. The Kier molecular flexibility index (Phi) is 1.57. The van der Waals surface area contributed by atoms with Gasteiger partial charge >= 0.3 is 0 Å². The summed E-state index contributed by atoms with van der Waals surface area (Å²) in [7, 11) is 0. The monoisotopic (exact) mass is 162 g/mol. The average Bonchev–Trinajstić information content (AvgIpc) is 2.07. The first-order chi connectivity index (χ1) is 5.77. The number of carbonyl (C=O) groups is 1. The molecule has 1 aliphatic heterocycles. The van der Waals surface area contributed by atoms with E-state index in [2.05, 4.69) is 10.3 Å². The molecule has 1 heterocycles. The van der Waals surface area contributed by atoms with Crippen LogP contribution in [0.1, 0.15) is 6.92 Å². The van der Waals surface area contributed by atoms with E-state index < -0.39 is 0 Å². The lowest BCUT2D eigenvalue weighted by Gasteiger charge is -2.23. The van der Waals surface area contributed by atoms with Gasteiger partial charge in [0, 0.05) is 0 Å². The Hall–Kier alpha value is -1.38. The molecule has 3 heteroatoms. The van der Waals surface area contributed by atoms with Crippen molar-refractivity contribution in [2.45, 2.75) is 13.0 Å². The zero-order valence-electron chi connectivity index (χ0n) is 6.82. The topological polar surface area (TPSA) is 41.5 Å². The van der Waals surface area contributed by atoms with Crippen LogP contribution in [-0.2, 0) is 4.79 Å². The molecule has 2 atom stereocenters. The van der Waals surface area contributed by atoms with Crippen LogP contribution >= 0.6 is 0 Å². The van der Waals surface area contributed by atoms with Crippen molar-refractivity contribution in [2.75, 3.05) is 0 Å². The molecule has 62 valence electrons. The lowest BCUT2D eigenvalue weighted by molar-refractivity contribution is -0.122. The minimum absolute atomic E-state index is 0.0162. The molecule has 0 saturated heterocycles. The quantitative estimate of drug-likeness (QED) is 0.558. The SMILES string of the molecule is CC1=CC2C(=O)NC=NC2C=C1. The minimum atomic E-state index is -0.0972. The predicted octanol–water partition coefficient (Wildman–Crippen LogP) is 0.645. The van der Waals surface area contributed by atoms with E-state index in [1.807, 2.05) is 25.2 Å².